The summed E-state index contributed by atoms with van der Waals surface area (Å²) < 4.78 is 5.12. The van der Waals surface area contributed by atoms with Crippen LogP contribution in [0, 0.1) is 0 Å². The van der Waals surface area contributed by atoms with Gasteiger partial charge in [-0.15, -0.1) is 0 Å². The molecule has 0 aliphatic heterocycles. The molecule has 0 aliphatic carbocycles. The lowest BCUT2D eigenvalue weighted by Crippen LogP contribution is -2.26. The van der Waals surface area contributed by atoms with Gasteiger partial charge < -0.3 is 15.0 Å². The second-order valence-electron chi connectivity index (χ2n) is 5.11. The first kappa shape index (κ1) is 15.6. The number of H-pyrrole nitrogens is 1. The zero-order valence-electron chi connectivity index (χ0n) is 12.4. The lowest BCUT2D eigenvalue weighted by molar-refractivity contribution is 0.415. The largest absolute Gasteiger partial charge is 0.495 e. The molecule has 0 aliphatic rings. The van der Waals surface area contributed by atoms with Crippen LogP contribution in [0.1, 0.15) is 19.4 Å². The van der Waals surface area contributed by atoms with Gasteiger partial charge in [0, 0.05) is 23.8 Å². The van der Waals surface area contributed by atoms with Crippen LogP contribution >= 0.6 is 11.6 Å². The predicted molar refractivity (Wildman–Crippen MR) is 86.0 cm³/mol. The molecule has 0 unspecified atom stereocenters. The monoisotopic (exact) mass is 306 g/mol. The fraction of sp³-hybridized carbons (Fsp3) is 0.312. The molecular weight excluding hydrogens is 288 g/mol. The van der Waals surface area contributed by atoms with Gasteiger partial charge in [0.15, 0.2) is 0 Å². The molecule has 1 aromatic carbocycles. The summed E-state index contributed by atoms with van der Waals surface area (Å²) >= 11 is 6.11. The normalized spacial score (nSPS) is 10.9. The molecule has 5 heteroatoms. The van der Waals surface area contributed by atoms with Crippen LogP contribution in [0.25, 0.3) is 11.3 Å². The Labute approximate surface area is 129 Å². The zero-order chi connectivity index (χ0) is 15.4. The zero-order valence-corrected chi connectivity index (χ0v) is 13.1. The molecule has 0 radical (unpaired) electrons. The van der Waals surface area contributed by atoms with E-state index in [4.69, 9.17) is 16.3 Å². The Bertz CT molecular complexity index is 680. The predicted octanol–water partition coefficient (Wildman–Crippen LogP) is 3.20. The van der Waals surface area contributed by atoms with Gasteiger partial charge in [-0.3, -0.25) is 4.79 Å². The molecule has 2 rings (SSSR count). The van der Waals surface area contributed by atoms with Gasteiger partial charge in [0.25, 0.3) is 5.56 Å². The summed E-state index contributed by atoms with van der Waals surface area (Å²) in [5.74, 6) is 0.612. The van der Waals surface area contributed by atoms with Gasteiger partial charge in [-0.05, 0) is 29.8 Å². The number of halogens is 1. The molecular formula is C16H19ClN2O2. The third kappa shape index (κ3) is 3.86. The summed E-state index contributed by atoms with van der Waals surface area (Å²) in [6, 6.07) is 9.48. The molecule has 21 heavy (non-hydrogen) atoms. The van der Waals surface area contributed by atoms with Gasteiger partial charge in [-0.1, -0.05) is 31.5 Å². The van der Waals surface area contributed by atoms with E-state index in [1.165, 1.54) is 0 Å². The minimum Gasteiger partial charge on any atom is -0.495 e. The molecule has 0 amide bonds. The Hall–Kier alpha value is -1.78. The molecule has 0 atom stereocenters. The lowest BCUT2D eigenvalue weighted by Gasteiger charge is -2.09. The molecule has 1 aromatic heterocycles. The number of nitrogens with one attached hydrogen (secondary N) is 2. The Morgan fingerprint density at radius 2 is 2.05 bits per heavy atom. The van der Waals surface area contributed by atoms with Crippen molar-refractivity contribution in [3.8, 4) is 17.0 Å². The Kier molecular flexibility index (Phi) is 5.04. The summed E-state index contributed by atoms with van der Waals surface area (Å²) in [4.78, 5) is 15.0. The second kappa shape index (κ2) is 6.78. The summed E-state index contributed by atoms with van der Waals surface area (Å²) in [6.07, 6.45) is 0. The Morgan fingerprint density at radius 3 is 2.62 bits per heavy atom. The molecule has 0 saturated carbocycles. The molecule has 4 nitrogen and oxygen atoms in total. The number of ether oxygens (including phenoxy) is 1. The standard InChI is InChI=1S/C16H19ClN2O2/c1-10(2)18-9-12-4-6-14(19-16(12)20)11-5-7-15(21-3)13(17)8-11/h4-8,10,18H,9H2,1-3H3,(H,19,20). The van der Waals surface area contributed by atoms with Crippen molar-refractivity contribution >= 4 is 11.6 Å². The average molecular weight is 307 g/mol. The number of aromatic amines is 1. The van der Waals surface area contributed by atoms with Crippen LogP contribution in [0.2, 0.25) is 5.02 Å². The first-order valence-corrected chi connectivity index (χ1v) is 7.18. The van der Waals surface area contributed by atoms with Crippen molar-refractivity contribution in [2.24, 2.45) is 0 Å². The van der Waals surface area contributed by atoms with Gasteiger partial charge in [0.05, 0.1) is 12.1 Å². The maximum absolute atomic E-state index is 12.1. The highest BCUT2D eigenvalue weighted by Crippen LogP contribution is 2.28. The highest BCUT2D eigenvalue weighted by Gasteiger charge is 2.07. The highest BCUT2D eigenvalue weighted by molar-refractivity contribution is 6.32. The van der Waals surface area contributed by atoms with Crippen LogP contribution in [0.5, 0.6) is 5.75 Å². The van der Waals surface area contributed by atoms with E-state index in [0.717, 1.165) is 11.3 Å². The topological polar surface area (TPSA) is 54.1 Å². The van der Waals surface area contributed by atoms with Gasteiger partial charge >= 0.3 is 0 Å². The van der Waals surface area contributed by atoms with Crippen molar-refractivity contribution in [2.45, 2.75) is 26.4 Å². The summed E-state index contributed by atoms with van der Waals surface area (Å²) in [6.45, 7) is 4.64. The van der Waals surface area contributed by atoms with Crippen molar-refractivity contribution in [3.05, 3.63) is 51.3 Å². The third-order valence-corrected chi connectivity index (χ3v) is 3.45. The van der Waals surface area contributed by atoms with E-state index in [1.807, 2.05) is 32.0 Å². The van der Waals surface area contributed by atoms with Crippen LogP contribution in [0.15, 0.2) is 35.1 Å². The number of hydrogen-bond donors (Lipinski definition) is 2. The molecule has 1 heterocycles. The maximum atomic E-state index is 12.1. The number of rotatable bonds is 5. The van der Waals surface area contributed by atoms with Crippen molar-refractivity contribution in [1.82, 2.24) is 10.3 Å². The van der Waals surface area contributed by atoms with Crippen molar-refractivity contribution in [2.75, 3.05) is 7.11 Å². The molecule has 0 fully saturated rings. The fourth-order valence-corrected chi connectivity index (χ4v) is 2.22. The summed E-state index contributed by atoms with van der Waals surface area (Å²) in [5.41, 5.74) is 2.21. The SMILES string of the molecule is COc1ccc(-c2ccc(CNC(C)C)c(=O)[nH]2)cc1Cl. The van der Waals surface area contributed by atoms with Gasteiger partial charge in [-0.2, -0.15) is 0 Å². The first-order chi connectivity index (χ1) is 10.0. The van der Waals surface area contributed by atoms with Gasteiger partial charge in [0.2, 0.25) is 0 Å². The Balaban J connectivity index is 2.27. The number of methoxy groups -OCH3 is 1. The van der Waals surface area contributed by atoms with E-state index in [9.17, 15) is 4.79 Å². The molecule has 2 aromatic rings. The summed E-state index contributed by atoms with van der Waals surface area (Å²) in [7, 11) is 1.57. The lowest BCUT2D eigenvalue weighted by atomic mass is 10.1. The smallest absolute Gasteiger partial charge is 0.252 e. The van der Waals surface area contributed by atoms with Gasteiger partial charge in [-0.25, -0.2) is 0 Å². The van der Waals surface area contributed by atoms with Crippen LogP contribution < -0.4 is 15.6 Å². The molecule has 112 valence electrons. The number of pyridine rings is 1. The molecule has 0 saturated heterocycles. The van der Waals surface area contributed by atoms with Crippen molar-refractivity contribution in [1.29, 1.82) is 0 Å². The van der Waals surface area contributed by atoms with Crippen molar-refractivity contribution < 1.29 is 4.74 Å². The van der Waals surface area contributed by atoms with E-state index in [2.05, 4.69) is 10.3 Å². The molecule has 0 spiro atoms. The van der Waals surface area contributed by atoms with Crippen molar-refractivity contribution in [3.63, 3.8) is 0 Å². The average Bonchev–Trinajstić information content (AvgIpc) is 2.45. The third-order valence-electron chi connectivity index (χ3n) is 3.15. The molecule has 2 N–H and O–H groups in total. The quantitative estimate of drug-likeness (QED) is 0.892. The number of aromatic nitrogens is 1. The second-order valence-corrected chi connectivity index (χ2v) is 5.52. The van der Waals surface area contributed by atoms with E-state index in [0.29, 0.717) is 28.9 Å². The van der Waals surface area contributed by atoms with E-state index >= 15 is 0 Å². The van der Waals surface area contributed by atoms with Gasteiger partial charge in [0.1, 0.15) is 5.75 Å². The highest BCUT2D eigenvalue weighted by atomic mass is 35.5. The maximum Gasteiger partial charge on any atom is 0.252 e. The number of benzene rings is 1. The minimum atomic E-state index is -0.0902. The van der Waals surface area contributed by atoms with Crippen LogP contribution in [-0.2, 0) is 6.54 Å². The van der Waals surface area contributed by atoms with Crippen LogP contribution in [0.4, 0.5) is 0 Å². The van der Waals surface area contributed by atoms with Crippen LogP contribution in [-0.4, -0.2) is 18.1 Å². The van der Waals surface area contributed by atoms with E-state index in [-0.39, 0.29) is 5.56 Å². The van der Waals surface area contributed by atoms with Crippen LogP contribution in [0.3, 0.4) is 0 Å². The van der Waals surface area contributed by atoms with E-state index in [1.54, 1.807) is 19.2 Å². The fourth-order valence-electron chi connectivity index (χ4n) is 1.96. The Morgan fingerprint density at radius 1 is 1.29 bits per heavy atom. The minimum absolute atomic E-state index is 0.0902. The molecule has 0 bridgehead atoms. The number of hydrogen-bond acceptors (Lipinski definition) is 3. The first-order valence-electron chi connectivity index (χ1n) is 6.80. The van der Waals surface area contributed by atoms with E-state index < -0.39 is 0 Å². The summed E-state index contributed by atoms with van der Waals surface area (Å²) in [5, 5.41) is 3.74.